The molecule has 5 nitrogen and oxygen atoms in total. The van der Waals surface area contributed by atoms with Gasteiger partial charge in [-0.05, 0) is 18.4 Å². The minimum atomic E-state index is -0.464. The van der Waals surface area contributed by atoms with Crippen molar-refractivity contribution in [2.24, 2.45) is 5.73 Å². The Morgan fingerprint density at radius 2 is 2.14 bits per heavy atom. The highest BCUT2D eigenvalue weighted by atomic mass is 35.5. The van der Waals surface area contributed by atoms with E-state index in [0.717, 1.165) is 26.3 Å². The van der Waals surface area contributed by atoms with Crippen LogP contribution in [0.15, 0.2) is 17.5 Å². The molecule has 122 valence electrons. The van der Waals surface area contributed by atoms with Gasteiger partial charge in [-0.3, -0.25) is 9.69 Å². The number of rotatable bonds is 5. The van der Waals surface area contributed by atoms with Crippen LogP contribution in [0.25, 0.3) is 0 Å². The van der Waals surface area contributed by atoms with E-state index >= 15 is 0 Å². The number of amides is 1. The van der Waals surface area contributed by atoms with E-state index in [4.69, 9.17) is 10.5 Å². The van der Waals surface area contributed by atoms with Crippen LogP contribution in [0.5, 0.6) is 0 Å². The molecule has 1 unspecified atom stereocenters. The molecule has 0 saturated carbocycles. The van der Waals surface area contributed by atoms with Crippen molar-refractivity contribution < 1.29 is 9.53 Å². The Hall–Kier alpha value is -0.370. The lowest BCUT2D eigenvalue weighted by Crippen LogP contribution is -2.46. The van der Waals surface area contributed by atoms with Crippen molar-refractivity contribution in [2.45, 2.75) is 19.0 Å². The molecule has 1 fully saturated rings. The maximum Gasteiger partial charge on any atom is 0.236 e. The minimum Gasteiger partial charge on any atom is -0.379 e. The van der Waals surface area contributed by atoms with Crippen LogP contribution >= 0.6 is 36.2 Å². The Balaban J connectivity index is 0.00000200. The normalized spacial score (nSPS) is 18.0. The summed E-state index contributed by atoms with van der Waals surface area (Å²) in [5, 5.41) is 4.99. The highest BCUT2D eigenvalue weighted by molar-refractivity contribution is 7.10. The molecule has 0 spiro atoms. The predicted molar refractivity (Wildman–Crippen MR) is 90.6 cm³/mol. The third-order valence-electron chi connectivity index (χ3n) is 3.24. The summed E-state index contributed by atoms with van der Waals surface area (Å²) in [4.78, 5) is 15.3. The Morgan fingerprint density at radius 1 is 1.48 bits per heavy atom. The lowest BCUT2D eigenvalue weighted by atomic mass is 10.2. The van der Waals surface area contributed by atoms with E-state index in [0.29, 0.717) is 6.54 Å². The number of nitrogens with two attached hydrogens (primary N) is 1. The fourth-order valence-corrected chi connectivity index (χ4v) is 3.00. The second-order valence-corrected chi connectivity index (χ2v) is 5.69. The summed E-state index contributed by atoms with van der Waals surface area (Å²) < 4.78 is 5.39. The quantitative estimate of drug-likeness (QED) is 0.838. The Labute approximate surface area is 142 Å². The van der Waals surface area contributed by atoms with E-state index in [2.05, 4.69) is 21.7 Å². The standard InChI is InChI=1S/C13H21N3O2S.2ClH/c1-10(14)13(17)15-9-11(12-3-2-8-19-12)16-4-6-18-7-5-16;;/h2-3,8,10-11H,4-7,9,14H2,1H3,(H,15,17);2*1H/t10-,11?;;/m1../s1. The first-order valence-electron chi connectivity index (χ1n) is 6.57. The van der Waals surface area contributed by atoms with Crippen molar-refractivity contribution in [3.05, 3.63) is 22.4 Å². The van der Waals surface area contributed by atoms with Crippen molar-refractivity contribution in [3.8, 4) is 0 Å². The third-order valence-corrected chi connectivity index (χ3v) is 4.21. The Kier molecular flexibility index (Phi) is 10.2. The van der Waals surface area contributed by atoms with Gasteiger partial charge in [-0.15, -0.1) is 36.2 Å². The largest absolute Gasteiger partial charge is 0.379 e. The molecule has 1 aliphatic rings. The number of thiophene rings is 1. The molecule has 2 rings (SSSR count). The zero-order chi connectivity index (χ0) is 13.7. The summed E-state index contributed by atoms with van der Waals surface area (Å²) in [6.07, 6.45) is 0. The molecule has 3 N–H and O–H groups in total. The molecule has 2 heterocycles. The molecule has 0 radical (unpaired) electrons. The number of halogens is 2. The number of hydrogen-bond donors (Lipinski definition) is 2. The van der Waals surface area contributed by atoms with Crippen molar-refractivity contribution >= 4 is 42.1 Å². The molecule has 0 bridgehead atoms. The predicted octanol–water partition coefficient (Wildman–Crippen LogP) is 1.43. The zero-order valence-corrected chi connectivity index (χ0v) is 14.4. The SMILES string of the molecule is C[C@@H](N)C(=O)NCC(c1cccs1)N1CCOCC1.Cl.Cl. The highest BCUT2D eigenvalue weighted by Crippen LogP contribution is 2.25. The average molecular weight is 356 g/mol. The van der Waals surface area contributed by atoms with Crippen molar-refractivity contribution in [1.29, 1.82) is 0 Å². The number of nitrogens with zero attached hydrogens (tertiary/aromatic N) is 1. The fraction of sp³-hybridized carbons (Fsp3) is 0.615. The van der Waals surface area contributed by atoms with Gasteiger partial charge in [0.1, 0.15) is 0 Å². The molecular weight excluding hydrogens is 333 g/mol. The lowest BCUT2D eigenvalue weighted by Gasteiger charge is -2.34. The van der Waals surface area contributed by atoms with Crippen LogP contribution in [0.1, 0.15) is 17.8 Å². The smallest absolute Gasteiger partial charge is 0.236 e. The fourth-order valence-electron chi connectivity index (χ4n) is 2.14. The molecule has 0 aliphatic carbocycles. The molecule has 0 aromatic carbocycles. The van der Waals surface area contributed by atoms with E-state index in [9.17, 15) is 4.79 Å². The van der Waals surface area contributed by atoms with Gasteiger partial charge in [-0.2, -0.15) is 0 Å². The van der Waals surface area contributed by atoms with Crippen LogP contribution < -0.4 is 11.1 Å². The van der Waals surface area contributed by atoms with Crippen molar-refractivity contribution in [1.82, 2.24) is 10.2 Å². The Morgan fingerprint density at radius 3 is 2.67 bits per heavy atom. The number of nitrogens with one attached hydrogen (secondary N) is 1. The summed E-state index contributed by atoms with van der Waals surface area (Å²) in [6.45, 7) is 5.60. The summed E-state index contributed by atoms with van der Waals surface area (Å²) >= 11 is 1.72. The van der Waals surface area contributed by atoms with Gasteiger partial charge in [-0.1, -0.05) is 6.07 Å². The first-order valence-corrected chi connectivity index (χ1v) is 7.45. The number of carbonyl (C=O) groups is 1. The van der Waals surface area contributed by atoms with Crippen LogP contribution in [-0.2, 0) is 9.53 Å². The summed E-state index contributed by atoms with van der Waals surface area (Å²) in [7, 11) is 0. The molecule has 1 aliphatic heterocycles. The van der Waals surface area contributed by atoms with Crippen LogP contribution in [0, 0.1) is 0 Å². The van der Waals surface area contributed by atoms with E-state index in [1.807, 2.05) is 6.07 Å². The van der Waals surface area contributed by atoms with Crippen molar-refractivity contribution in [2.75, 3.05) is 32.8 Å². The Bertz CT molecular complexity index is 398. The zero-order valence-electron chi connectivity index (χ0n) is 12.0. The molecule has 21 heavy (non-hydrogen) atoms. The first kappa shape index (κ1) is 20.6. The number of carbonyl (C=O) groups excluding carboxylic acids is 1. The van der Waals surface area contributed by atoms with E-state index in [-0.39, 0.29) is 36.8 Å². The van der Waals surface area contributed by atoms with Gasteiger partial charge in [0.15, 0.2) is 0 Å². The molecular formula is C13H23Cl2N3O2S. The van der Waals surface area contributed by atoms with Crippen LogP contribution in [-0.4, -0.2) is 49.7 Å². The summed E-state index contributed by atoms with van der Waals surface area (Å²) in [6, 6.07) is 3.91. The third kappa shape index (κ3) is 6.10. The maximum atomic E-state index is 11.6. The summed E-state index contributed by atoms with van der Waals surface area (Å²) in [5.74, 6) is -0.102. The van der Waals surface area contributed by atoms with Gasteiger partial charge < -0.3 is 15.8 Å². The number of hydrogen-bond acceptors (Lipinski definition) is 5. The van der Waals surface area contributed by atoms with Gasteiger partial charge in [0.05, 0.1) is 25.3 Å². The summed E-state index contributed by atoms with van der Waals surface area (Å²) in [5.41, 5.74) is 5.58. The maximum absolute atomic E-state index is 11.6. The van der Waals surface area contributed by atoms with Crippen LogP contribution in [0.4, 0.5) is 0 Å². The van der Waals surface area contributed by atoms with Gasteiger partial charge in [0.25, 0.3) is 0 Å². The highest BCUT2D eigenvalue weighted by Gasteiger charge is 2.24. The van der Waals surface area contributed by atoms with Crippen LogP contribution in [0.2, 0.25) is 0 Å². The van der Waals surface area contributed by atoms with Crippen molar-refractivity contribution in [3.63, 3.8) is 0 Å². The molecule has 2 atom stereocenters. The molecule has 1 aromatic heterocycles. The first-order chi connectivity index (χ1) is 9.18. The average Bonchev–Trinajstić information content (AvgIpc) is 2.94. The van der Waals surface area contributed by atoms with E-state index < -0.39 is 6.04 Å². The monoisotopic (exact) mass is 355 g/mol. The lowest BCUT2D eigenvalue weighted by molar-refractivity contribution is -0.122. The molecule has 8 heteroatoms. The molecule has 1 saturated heterocycles. The number of morpholine rings is 1. The second kappa shape index (κ2) is 10.4. The minimum absolute atomic E-state index is 0. The van der Waals surface area contributed by atoms with Gasteiger partial charge in [0, 0.05) is 24.5 Å². The van der Waals surface area contributed by atoms with E-state index in [1.165, 1.54) is 4.88 Å². The number of ether oxygens (including phenoxy) is 1. The van der Waals surface area contributed by atoms with E-state index in [1.54, 1.807) is 18.3 Å². The van der Waals surface area contributed by atoms with Gasteiger partial charge >= 0.3 is 0 Å². The van der Waals surface area contributed by atoms with Gasteiger partial charge in [0.2, 0.25) is 5.91 Å². The molecule has 1 amide bonds. The van der Waals surface area contributed by atoms with Gasteiger partial charge in [-0.25, -0.2) is 0 Å². The topological polar surface area (TPSA) is 67.6 Å². The molecule has 1 aromatic rings. The van der Waals surface area contributed by atoms with Crippen LogP contribution in [0.3, 0.4) is 0 Å². The second-order valence-electron chi connectivity index (χ2n) is 4.71.